The molecule has 0 radical (unpaired) electrons. The van der Waals surface area contributed by atoms with Crippen LogP contribution in [-0.4, -0.2) is 27.2 Å². The Bertz CT molecular complexity index is 577. The molecule has 18 heavy (non-hydrogen) atoms. The summed E-state index contributed by atoms with van der Waals surface area (Å²) in [5.74, 6) is 1.81. The molecular formula is C14H19N3O. The minimum Gasteiger partial charge on any atom is -0.374 e. The average molecular weight is 245 g/mol. The van der Waals surface area contributed by atoms with Gasteiger partial charge in [0, 0.05) is 12.1 Å². The SMILES string of the molecule is Cc1cnc2nc(C3C(C)OC(C)C3C)[nH]c2c1. The molecule has 1 fully saturated rings. The number of hydrogen-bond donors (Lipinski definition) is 1. The molecule has 0 aromatic carbocycles. The first-order valence-electron chi connectivity index (χ1n) is 6.54. The molecule has 1 N–H and O–H groups in total. The zero-order valence-electron chi connectivity index (χ0n) is 11.3. The van der Waals surface area contributed by atoms with E-state index in [0.717, 1.165) is 22.6 Å². The highest BCUT2D eigenvalue weighted by Crippen LogP contribution is 2.38. The van der Waals surface area contributed by atoms with Crippen LogP contribution in [0.15, 0.2) is 12.3 Å². The second-order valence-electron chi connectivity index (χ2n) is 5.44. The molecule has 0 bridgehead atoms. The van der Waals surface area contributed by atoms with Gasteiger partial charge in [-0.2, -0.15) is 0 Å². The van der Waals surface area contributed by atoms with Crippen LogP contribution in [0, 0.1) is 12.8 Å². The predicted octanol–water partition coefficient (Wildman–Crippen LogP) is 2.79. The summed E-state index contributed by atoms with van der Waals surface area (Å²) in [5.41, 5.74) is 2.97. The number of aromatic nitrogens is 3. The lowest BCUT2D eigenvalue weighted by Gasteiger charge is -2.15. The van der Waals surface area contributed by atoms with Gasteiger partial charge in [-0.05, 0) is 38.3 Å². The molecule has 1 saturated heterocycles. The highest BCUT2D eigenvalue weighted by molar-refractivity contribution is 5.71. The monoisotopic (exact) mass is 245 g/mol. The molecule has 2 aromatic rings. The first-order valence-corrected chi connectivity index (χ1v) is 6.54. The Kier molecular flexibility index (Phi) is 2.63. The van der Waals surface area contributed by atoms with Crippen LogP contribution in [0.2, 0.25) is 0 Å². The summed E-state index contributed by atoms with van der Waals surface area (Å²) in [6.45, 7) is 8.52. The smallest absolute Gasteiger partial charge is 0.177 e. The van der Waals surface area contributed by atoms with E-state index in [1.807, 2.05) is 13.1 Å². The van der Waals surface area contributed by atoms with Crippen LogP contribution in [0.5, 0.6) is 0 Å². The third kappa shape index (κ3) is 1.72. The van der Waals surface area contributed by atoms with E-state index in [4.69, 9.17) is 4.74 Å². The van der Waals surface area contributed by atoms with Crippen LogP contribution in [0.1, 0.15) is 38.1 Å². The summed E-state index contributed by atoms with van der Waals surface area (Å²) in [5, 5.41) is 0. The number of nitrogens with zero attached hydrogens (tertiary/aromatic N) is 2. The van der Waals surface area contributed by atoms with E-state index in [1.165, 1.54) is 0 Å². The maximum Gasteiger partial charge on any atom is 0.177 e. The van der Waals surface area contributed by atoms with Gasteiger partial charge in [0.25, 0.3) is 0 Å². The molecule has 2 aromatic heterocycles. The van der Waals surface area contributed by atoms with Crippen molar-refractivity contribution in [2.75, 3.05) is 0 Å². The van der Waals surface area contributed by atoms with Crippen molar-refractivity contribution in [1.29, 1.82) is 0 Å². The standard InChI is InChI=1S/C14H19N3O/c1-7-5-11-13(15-6-7)17-14(16-11)12-8(2)9(3)18-10(12)4/h5-6,8-10,12H,1-4H3,(H,15,16,17). The predicted molar refractivity (Wildman–Crippen MR) is 70.5 cm³/mol. The Morgan fingerprint density at radius 3 is 2.67 bits per heavy atom. The molecule has 4 heteroatoms. The number of pyridine rings is 1. The molecule has 3 rings (SSSR count). The highest BCUT2D eigenvalue weighted by atomic mass is 16.5. The second kappa shape index (κ2) is 4.05. The summed E-state index contributed by atoms with van der Waals surface area (Å²) in [6, 6.07) is 2.09. The number of H-pyrrole nitrogens is 1. The number of imidazole rings is 1. The number of aryl methyl sites for hydroxylation is 1. The van der Waals surface area contributed by atoms with Crippen LogP contribution in [-0.2, 0) is 4.74 Å². The fourth-order valence-electron chi connectivity index (χ4n) is 2.92. The van der Waals surface area contributed by atoms with Crippen molar-refractivity contribution in [2.45, 2.75) is 45.8 Å². The topological polar surface area (TPSA) is 50.8 Å². The Morgan fingerprint density at radius 2 is 2.00 bits per heavy atom. The van der Waals surface area contributed by atoms with Crippen molar-refractivity contribution in [3.05, 3.63) is 23.7 Å². The lowest BCUT2D eigenvalue weighted by Crippen LogP contribution is -2.16. The Balaban J connectivity index is 2.04. The maximum absolute atomic E-state index is 5.88. The number of aromatic amines is 1. The van der Waals surface area contributed by atoms with Gasteiger partial charge in [0.05, 0.1) is 17.7 Å². The van der Waals surface area contributed by atoms with Crippen LogP contribution in [0.4, 0.5) is 0 Å². The Morgan fingerprint density at radius 1 is 1.22 bits per heavy atom. The minimum absolute atomic E-state index is 0.205. The Hall–Kier alpha value is -1.42. The number of ether oxygens (including phenoxy) is 1. The fraction of sp³-hybridized carbons (Fsp3) is 0.571. The molecule has 0 spiro atoms. The zero-order chi connectivity index (χ0) is 12.9. The van der Waals surface area contributed by atoms with Crippen LogP contribution in [0.25, 0.3) is 11.2 Å². The summed E-state index contributed by atoms with van der Waals surface area (Å²) in [6.07, 6.45) is 2.35. The normalized spacial score (nSPS) is 32.2. The van der Waals surface area contributed by atoms with Crippen molar-refractivity contribution in [3.63, 3.8) is 0 Å². The van der Waals surface area contributed by atoms with Gasteiger partial charge in [0.15, 0.2) is 5.65 Å². The van der Waals surface area contributed by atoms with E-state index in [2.05, 4.69) is 41.8 Å². The maximum atomic E-state index is 5.88. The van der Waals surface area contributed by atoms with Gasteiger partial charge in [-0.15, -0.1) is 0 Å². The van der Waals surface area contributed by atoms with E-state index in [1.54, 1.807) is 0 Å². The lowest BCUT2D eigenvalue weighted by atomic mass is 9.89. The molecule has 3 heterocycles. The molecule has 1 aliphatic rings. The van der Waals surface area contributed by atoms with Gasteiger partial charge >= 0.3 is 0 Å². The largest absolute Gasteiger partial charge is 0.374 e. The number of nitrogens with one attached hydrogen (secondary N) is 1. The Labute approximate surface area is 107 Å². The quantitative estimate of drug-likeness (QED) is 0.840. The molecule has 0 saturated carbocycles. The third-order valence-electron chi connectivity index (χ3n) is 4.05. The first kappa shape index (κ1) is 11.7. The van der Waals surface area contributed by atoms with Gasteiger partial charge in [-0.25, -0.2) is 9.97 Å². The highest BCUT2D eigenvalue weighted by Gasteiger charge is 2.39. The number of rotatable bonds is 1. The average Bonchev–Trinajstić information content (AvgIpc) is 2.80. The van der Waals surface area contributed by atoms with Crippen LogP contribution >= 0.6 is 0 Å². The molecule has 1 aliphatic heterocycles. The van der Waals surface area contributed by atoms with E-state index in [9.17, 15) is 0 Å². The molecule has 4 unspecified atom stereocenters. The molecule has 4 nitrogen and oxygen atoms in total. The lowest BCUT2D eigenvalue weighted by molar-refractivity contribution is 0.0554. The van der Waals surface area contributed by atoms with Gasteiger partial charge in [0.2, 0.25) is 0 Å². The molecular weight excluding hydrogens is 226 g/mol. The second-order valence-corrected chi connectivity index (χ2v) is 5.44. The van der Waals surface area contributed by atoms with Gasteiger partial charge in [-0.1, -0.05) is 6.92 Å². The first-order chi connectivity index (χ1) is 8.56. The van der Waals surface area contributed by atoms with E-state index in [0.29, 0.717) is 11.8 Å². The van der Waals surface area contributed by atoms with Crippen molar-refractivity contribution >= 4 is 11.2 Å². The van der Waals surface area contributed by atoms with Crippen molar-refractivity contribution in [1.82, 2.24) is 15.0 Å². The van der Waals surface area contributed by atoms with Crippen LogP contribution < -0.4 is 0 Å². The zero-order valence-corrected chi connectivity index (χ0v) is 11.3. The van der Waals surface area contributed by atoms with Gasteiger partial charge in [-0.3, -0.25) is 0 Å². The molecule has 0 aliphatic carbocycles. The van der Waals surface area contributed by atoms with Gasteiger partial charge in [0.1, 0.15) is 5.82 Å². The fourth-order valence-corrected chi connectivity index (χ4v) is 2.92. The summed E-state index contributed by atoms with van der Waals surface area (Å²) >= 11 is 0. The molecule has 0 amide bonds. The summed E-state index contributed by atoms with van der Waals surface area (Å²) in [7, 11) is 0. The van der Waals surface area contributed by atoms with Crippen molar-refractivity contribution in [2.24, 2.45) is 5.92 Å². The van der Waals surface area contributed by atoms with E-state index in [-0.39, 0.29) is 12.2 Å². The number of fused-ring (bicyclic) bond motifs is 1. The third-order valence-corrected chi connectivity index (χ3v) is 4.05. The summed E-state index contributed by atoms with van der Waals surface area (Å²) < 4.78 is 5.88. The van der Waals surface area contributed by atoms with Crippen molar-refractivity contribution < 1.29 is 4.74 Å². The van der Waals surface area contributed by atoms with E-state index < -0.39 is 0 Å². The van der Waals surface area contributed by atoms with Crippen molar-refractivity contribution in [3.8, 4) is 0 Å². The minimum atomic E-state index is 0.205. The van der Waals surface area contributed by atoms with E-state index >= 15 is 0 Å². The number of hydrogen-bond acceptors (Lipinski definition) is 3. The van der Waals surface area contributed by atoms with Crippen LogP contribution in [0.3, 0.4) is 0 Å². The molecule has 4 atom stereocenters. The van der Waals surface area contributed by atoms with Gasteiger partial charge < -0.3 is 9.72 Å². The molecule has 96 valence electrons. The summed E-state index contributed by atoms with van der Waals surface area (Å²) in [4.78, 5) is 12.4.